The maximum absolute atomic E-state index is 11.5. The lowest BCUT2D eigenvalue weighted by Gasteiger charge is -2.15. The van der Waals surface area contributed by atoms with E-state index in [1.165, 1.54) is 6.33 Å². The Morgan fingerprint density at radius 2 is 2.11 bits per heavy atom. The molecule has 1 unspecified atom stereocenters. The molecular formula is C13H11IN4O. The molecular weight excluding hydrogens is 355 g/mol. The number of hydrogen-bond donors (Lipinski definition) is 2. The van der Waals surface area contributed by atoms with Crippen LogP contribution in [0, 0.1) is 14.9 Å². The van der Waals surface area contributed by atoms with Crippen molar-refractivity contribution in [3.63, 3.8) is 0 Å². The van der Waals surface area contributed by atoms with Gasteiger partial charge in [0, 0.05) is 6.04 Å². The van der Waals surface area contributed by atoms with Crippen LogP contribution in [-0.4, -0.2) is 9.97 Å². The van der Waals surface area contributed by atoms with E-state index in [1.807, 2.05) is 41.6 Å². The SMILES string of the molecule is CC(Nc1nc[nH]c(=O)c1I)c1ccc(C#N)cc1. The third kappa shape index (κ3) is 3.12. The lowest BCUT2D eigenvalue weighted by molar-refractivity contribution is 0.867. The third-order valence-corrected chi connectivity index (χ3v) is 3.69. The Bertz CT molecular complexity index is 672. The first-order chi connectivity index (χ1) is 9.11. The molecule has 0 amide bonds. The molecule has 2 aromatic rings. The first-order valence-electron chi connectivity index (χ1n) is 5.61. The van der Waals surface area contributed by atoms with E-state index in [4.69, 9.17) is 5.26 Å². The Balaban J connectivity index is 2.21. The Morgan fingerprint density at radius 3 is 2.74 bits per heavy atom. The maximum Gasteiger partial charge on any atom is 0.266 e. The average molecular weight is 366 g/mol. The van der Waals surface area contributed by atoms with Crippen LogP contribution in [0.2, 0.25) is 0 Å². The van der Waals surface area contributed by atoms with Crippen molar-refractivity contribution in [2.75, 3.05) is 5.32 Å². The third-order valence-electron chi connectivity index (χ3n) is 2.69. The standard InChI is InChI=1S/C13H11IN4O/c1-8(10-4-2-9(6-15)3-5-10)18-12-11(14)13(19)17-7-16-12/h2-5,7-8H,1H3,(H2,16,17,18,19). The molecule has 0 aliphatic rings. The number of aromatic nitrogens is 2. The summed E-state index contributed by atoms with van der Waals surface area (Å²) in [6.45, 7) is 1.97. The van der Waals surface area contributed by atoms with E-state index in [2.05, 4.69) is 21.4 Å². The molecule has 0 spiro atoms. The molecule has 0 aliphatic heterocycles. The van der Waals surface area contributed by atoms with Gasteiger partial charge in [0.05, 0.1) is 18.0 Å². The fraction of sp³-hybridized carbons (Fsp3) is 0.154. The number of nitrogens with zero attached hydrogens (tertiary/aromatic N) is 2. The number of nitriles is 1. The molecule has 1 aromatic heterocycles. The van der Waals surface area contributed by atoms with E-state index in [-0.39, 0.29) is 11.6 Å². The molecule has 0 fully saturated rings. The monoisotopic (exact) mass is 366 g/mol. The van der Waals surface area contributed by atoms with Gasteiger partial charge in [0.25, 0.3) is 5.56 Å². The largest absolute Gasteiger partial charge is 0.362 e. The van der Waals surface area contributed by atoms with Crippen molar-refractivity contribution in [2.45, 2.75) is 13.0 Å². The fourth-order valence-corrected chi connectivity index (χ4v) is 2.07. The Morgan fingerprint density at radius 1 is 1.42 bits per heavy atom. The molecule has 1 atom stereocenters. The van der Waals surface area contributed by atoms with Gasteiger partial charge in [-0.3, -0.25) is 4.79 Å². The van der Waals surface area contributed by atoms with Gasteiger partial charge in [-0.1, -0.05) is 12.1 Å². The highest BCUT2D eigenvalue weighted by atomic mass is 127. The lowest BCUT2D eigenvalue weighted by atomic mass is 10.1. The quantitative estimate of drug-likeness (QED) is 0.818. The molecule has 6 heteroatoms. The van der Waals surface area contributed by atoms with Gasteiger partial charge in [0.15, 0.2) is 0 Å². The van der Waals surface area contributed by atoms with Crippen LogP contribution in [0.25, 0.3) is 0 Å². The van der Waals surface area contributed by atoms with Crippen LogP contribution in [0.4, 0.5) is 5.82 Å². The Kier molecular flexibility index (Phi) is 4.16. The van der Waals surface area contributed by atoms with Crippen molar-refractivity contribution < 1.29 is 0 Å². The normalized spacial score (nSPS) is 11.6. The van der Waals surface area contributed by atoms with Gasteiger partial charge in [-0.15, -0.1) is 0 Å². The highest BCUT2D eigenvalue weighted by Crippen LogP contribution is 2.19. The van der Waals surface area contributed by atoms with Crippen LogP contribution >= 0.6 is 22.6 Å². The average Bonchev–Trinajstić information content (AvgIpc) is 2.44. The topological polar surface area (TPSA) is 81.6 Å². The first kappa shape index (κ1) is 13.5. The van der Waals surface area contributed by atoms with Gasteiger partial charge in [0.1, 0.15) is 9.39 Å². The summed E-state index contributed by atoms with van der Waals surface area (Å²) in [5, 5.41) is 11.9. The molecule has 96 valence electrons. The molecule has 2 rings (SSSR count). The number of rotatable bonds is 3. The molecule has 2 N–H and O–H groups in total. The molecule has 0 bridgehead atoms. The maximum atomic E-state index is 11.5. The van der Waals surface area contributed by atoms with Crippen molar-refractivity contribution in [1.29, 1.82) is 5.26 Å². The van der Waals surface area contributed by atoms with E-state index >= 15 is 0 Å². The molecule has 0 saturated carbocycles. The second-order valence-electron chi connectivity index (χ2n) is 3.99. The first-order valence-corrected chi connectivity index (χ1v) is 6.69. The van der Waals surface area contributed by atoms with Crippen LogP contribution in [0.1, 0.15) is 24.1 Å². The van der Waals surface area contributed by atoms with Gasteiger partial charge < -0.3 is 10.3 Å². The molecule has 5 nitrogen and oxygen atoms in total. The number of H-pyrrole nitrogens is 1. The highest BCUT2D eigenvalue weighted by Gasteiger charge is 2.10. The summed E-state index contributed by atoms with van der Waals surface area (Å²) >= 11 is 1.96. The number of anilines is 1. The molecule has 0 radical (unpaired) electrons. The number of benzene rings is 1. The predicted octanol–water partition coefficient (Wildman–Crippen LogP) is 2.42. The minimum Gasteiger partial charge on any atom is -0.362 e. The molecule has 0 aliphatic carbocycles. The van der Waals surface area contributed by atoms with Crippen molar-refractivity contribution >= 4 is 28.4 Å². The minimum absolute atomic E-state index is 0.00411. The summed E-state index contributed by atoms with van der Waals surface area (Å²) in [7, 11) is 0. The van der Waals surface area contributed by atoms with Gasteiger partial charge in [-0.25, -0.2) is 4.98 Å². The smallest absolute Gasteiger partial charge is 0.266 e. The fourth-order valence-electron chi connectivity index (χ4n) is 1.62. The molecule has 19 heavy (non-hydrogen) atoms. The Labute approximate surface area is 123 Å². The van der Waals surface area contributed by atoms with Crippen LogP contribution in [-0.2, 0) is 0 Å². The summed E-state index contributed by atoms with van der Waals surface area (Å²) in [4.78, 5) is 18.1. The number of aromatic amines is 1. The summed E-state index contributed by atoms with van der Waals surface area (Å²) in [5.74, 6) is 0.557. The van der Waals surface area contributed by atoms with Crippen molar-refractivity contribution in [3.8, 4) is 6.07 Å². The summed E-state index contributed by atoms with van der Waals surface area (Å²) in [6.07, 6.45) is 1.37. The van der Waals surface area contributed by atoms with Crippen molar-refractivity contribution in [2.24, 2.45) is 0 Å². The zero-order valence-electron chi connectivity index (χ0n) is 10.1. The second-order valence-corrected chi connectivity index (χ2v) is 5.07. The van der Waals surface area contributed by atoms with Gasteiger partial charge >= 0.3 is 0 Å². The van der Waals surface area contributed by atoms with E-state index in [9.17, 15) is 4.79 Å². The van der Waals surface area contributed by atoms with Crippen LogP contribution in [0.15, 0.2) is 35.4 Å². The lowest BCUT2D eigenvalue weighted by Crippen LogP contribution is -2.16. The van der Waals surface area contributed by atoms with Gasteiger partial charge in [0.2, 0.25) is 0 Å². The van der Waals surface area contributed by atoms with E-state index in [0.29, 0.717) is 15.0 Å². The molecule has 1 heterocycles. The summed E-state index contributed by atoms with van der Waals surface area (Å²) in [5.41, 5.74) is 1.49. The second kappa shape index (κ2) is 5.84. The van der Waals surface area contributed by atoms with Crippen LogP contribution in [0.5, 0.6) is 0 Å². The Hall–Kier alpha value is -1.88. The predicted molar refractivity (Wildman–Crippen MR) is 80.8 cm³/mol. The number of halogens is 1. The van der Waals surface area contributed by atoms with E-state index in [1.54, 1.807) is 12.1 Å². The highest BCUT2D eigenvalue weighted by molar-refractivity contribution is 14.1. The minimum atomic E-state index is -0.162. The van der Waals surface area contributed by atoms with Gasteiger partial charge in [-0.2, -0.15) is 5.26 Å². The summed E-state index contributed by atoms with van der Waals surface area (Å²) < 4.78 is 0.528. The zero-order chi connectivity index (χ0) is 13.8. The number of hydrogen-bond acceptors (Lipinski definition) is 4. The van der Waals surface area contributed by atoms with E-state index < -0.39 is 0 Å². The summed E-state index contributed by atoms with van der Waals surface area (Å²) in [6, 6.07) is 9.38. The van der Waals surface area contributed by atoms with Crippen molar-refractivity contribution in [1.82, 2.24) is 9.97 Å². The zero-order valence-corrected chi connectivity index (χ0v) is 12.3. The van der Waals surface area contributed by atoms with Crippen molar-refractivity contribution in [3.05, 3.63) is 55.6 Å². The van der Waals surface area contributed by atoms with Gasteiger partial charge in [-0.05, 0) is 47.2 Å². The van der Waals surface area contributed by atoms with Crippen LogP contribution < -0.4 is 10.9 Å². The molecule has 1 aromatic carbocycles. The number of nitrogens with one attached hydrogen (secondary N) is 2. The van der Waals surface area contributed by atoms with E-state index in [0.717, 1.165) is 5.56 Å². The van der Waals surface area contributed by atoms with Crippen LogP contribution in [0.3, 0.4) is 0 Å². The molecule has 0 saturated heterocycles.